The smallest absolute Gasteiger partial charge is 0.254 e. The third-order valence-electron chi connectivity index (χ3n) is 8.30. The summed E-state index contributed by atoms with van der Waals surface area (Å²) >= 11 is 0. The minimum atomic E-state index is -0.138. The molecule has 1 heterocycles. The molecule has 0 bridgehead atoms. The van der Waals surface area contributed by atoms with Gasteiger partial charge >= 0.3 is 0 Å². The van der Waals surface area contributed by atoms with Crippen molar-refractivity contribution in [3.05, 3.63) is 53.6 Å². The summed E-state index contributed by atoms with van der Waals surface area (Å²) in [7, 11) is 3.24. The van der Waals surface area contributed by atoms with Crippen LogP contribution in [0.1, 0.15) is 56.0 Å². The van der Waals surface area contributed by atoms with Crippen molar-refractivity contribution in [1.29, 1.82) is 0 Å². The number of hydrogen-bond donors (Lipinski definition) is 2. The number of anilines is 1. The van der Waals surface area contributed by atoms with Crippen LogP contribution in [0.15, 0.2) is 42.5 Å². The molecule has 2 unspecified atom stereocenters. The molecular formula is C34H48N4O6. The number of rotatable bonds is 16. The van der Waals surface area contributed by atoms with Gasteiger partial charge in [-0.2, -0.15) is 0 Å². The number of benzene rings is 2. The van der Waals surface area contributed by atoms with Gasteiger partial charge in [0.05, 0.1) is 20.1 Å². The zero-order valence-electron chi connectivity index (χ0n) is 26.8. The number of amides is 3. The molecule has 10 heteroatoms. The van der Waals surface area contributed by atoms with Crippen LogP contribution in [0.2, 0.25) is 0 Å². The number of carbonyl (C=O) groups excluding carboxylic acids is 3. The Morgan fingerprint density at radius 3 is 2.39 bits per heavy atom. The Balaban J connectivity index is 1.43. The molecule has 2 aliphatic rings. The normalized spacial score (nSPS) is 17.8. The molecule has 1 aliphatic carbocycles. The molecular weight excluding hydrogens is 560 g/mol. The van der Waals surface area contributed by atoms with Crippen molar-refractivity contribution in [1.82, 2.24) is 15.1 Å². The summed E-state index contributed by atoms with van der Waals surface area (Å²) in [6.07, 6.45) is 3.06. The highest BCUT2D eigenvalue weighted by Gasteiger charge is 2.38. The number of hydrogen-bond acceptors (Lipinski definition) is 7. The van der Waals surface area contributed by atoms with Crippen LogP contribution in [0.4, 0.5) is 5.69 Å². The standard InChI is InChI=1S/C34H48N4O6/c1-23(2)37(34(41)26-10-13-31(43-5)32(18-26)44-15-7-14-42-4)21-27-19-35-20-28(27)22-38(30-11-12-30)33(40)17-25-8-6-9-29(16-25)36-24(3)39/h6,8-10,13,16,18,23,27-28,30,35H,7,11-12,14-15,17,19-22H2,1-5H3,(H,36,39). The molecule has 4 rings (SSSR count). The maximum absolute atomic E-state index is 13.9. The largest absolute Gasteiger partial charge is 0.493 e. The average Bonchev–Trinajstić information content (AvgIpc) is 3.74. The molecule has 2 atom stereocenters. The number of carbonyl (C=O) groups is 3. The topological polar surface area (TPSA) is 109 Å². The fourth-order valence-corrected chi connectivity index (χ4v) is 5.80. The minimum absolute atomic E-state index is 0.00558. The maximum atomic E-state index is 13.9. The second-order valence-corrected chi connectivity index (χ2v) is 12.1. The lowest BCUT2D eigenvalue weighted by atomic mass is 9.93. The Bertz CT molecular complexity index is 1280. The Morgan fingerprint density at radius 2 is 1.73 bits per heavy atom. The second-order valence-electron chi connectivity index (χ2n) is 12.1. The summed E-state index contributed by atoms with van der Waals surface area (Å²) in [5.74, 6) is 1.48. The maximum Gasteiger partial charge on any atom is 0.254 e. The quantitative estimate of drug-likeness (QED) is 0.278. The summed E-state index contributed by atoms with van der Waals surface area (Å²) in [4.78, 5) is 42.9. The van der Waals surface area contributed by atoms with E-state index in [2.05, 4.69) is 10.6 Å². The van der Waals surface area contributed by atoms with Gasteiger partial charge in [-0.15, -0.1) is 0 Å². The highest BCUT2D eigenvalue weighted by atomic mass is 16.5. The summed E-state index contributed by atoms with van der Waals surface area (Å²) in [5, 5.41) is 6.31. The lowest BCUT2D eigenvalue weighted by molar-refractivity contribution is -0.131. The predicted octanol–water partition coefficient (Wildman–Crippen LogP) is 3.99. The summed E-state index contributed by atoms with van der Waals surface area (Å²) in [6, 6.07) is 13.1. The van der Waals surface area contributed by atoms with Gasteiger partial charge in [0.2, 0.25) is 11.8 Å². The van der Waals surface area contributed by atoms with Crippen molar-refractivity contribution >= 4 is 23.4 Å². The van der Waals surface area contributed by atoms with E-state index < -0.39 is 0 Å². The second kappa shape index (κ2) is 15.9. The zero-order valence-corrected chi connectivity index (χ0v) is 26.8. The first-order chi connectivity index (χ1) is 21.2. The van der Waals surface area contributed by atoms with Crippen molar-refractivity contribution in [2.75, 3.05) is 58.9 Å². The fourth-order valence-electron chi connectivity index (χ4n) is 5.80. The van der Waals surface area contributed by atoms with Crippen LogP contribution in [-0.4, -0.2) is 93.2 Å². The van der Waals surface area contributed by atoms with Gasteiger partial charge in [-0.05, 0) is 74.4 Å². The molecule has 44 heavy (non-hydrogen) atoms. The van der Waals surface area contributed by atoms with E-state index in [0.29, 0.717) is 55.5 Å². The van der Waals surface area contributed by atoms with Crippen LogP contribution in [-0.2, 0) is 20.7 Å². The van der Waals surface area contributed by atoms with Crippen molar-refractivity contribution in [3.63, 3.8) is 0 Å². The minimum Gasteiger partial charge on any atom is -0.493 e. The monoisotopic (exact) mass is 608 g/mol. The van der Waals surface area contributed by atoms with Crippen molar-refractivity contribution < 1.29 is 28.6 Å². The molecule has 0 radical (unpaired) electrons. The predicted molar refractivity (Wildman–Crippen MR) is 170 cm³/mol. The first-order valence-corrected chi connectivity index (χ1v) is 15.7. The van der Waals surface area contributed by atoms with Gasteiger partial charge < -0.3 is 34.6 Å². The van der Waals surface area contributed by atoms with Crippen LogP contribution in [0.5, 0.6) is 11.5 Å². The lowest BCUT2D eigenvalue weighted by Gasteiger charge is -2.34. The van der Waals surface area contributed by atoms with Crippen molar-refractivity contribution in [3.8, 4) is 11.5 Å². The number of ether oxygens (including phenoxy) is 3. The highest BCUT2D eigenvalue weighted by molar-refractivity contribution is 5.95. The summed E-state index contributed by atoms with van der Waals surface area (Å²) in [6.45, 7) is 9.46. The van der Waals surface area contributed by atoms with Gasteiger partial charge in [-0.1, -0.05) is 12.1 Å². The molecule has 1 aliphatic heterocycles. The van der Waals surface area contributed by atoms with Crippen LogP contribution in [0, 0.1) is 11.8 Å². The van der Waals surface area contributed by atoms with Crippen LogP contribution in [0.3, 0.4) is 0 Å². The van der Waals surface area contributed by atoms with E-state index in [9.17, 15) is 14.4 Å². The molecule has 2 aromatic carbocycles. The Labute approximate surface area is 261 Å². The summed E-state index contributed by atoms with van der Waals surface area (Å²) < 4.78 is 16.5. The van der Waals surface area contributed by atoms with Gasteiger partial charge in [0, 0.05) is 76.6 Å². The Hall–Kier alpha value is -3.63. The molecule has 240 valence electrons. The van der Waals surface area contributed by atoms with Crippen LogP contribution in [0.25, 0.3) is 0 Å². The molecule has 0 aromatic heterocycles. The van der Waals surface area contributed by atoms with Gasteiger partial charge in [0.1, 0.15) is 0 Å². The van der Waals surface area contributed by atoms with E-state index in [1.807, 2.05) is 47.9 Å². The first kappa shape index (κ1) is 33.3. The zero-order chi connectivity index (χ0) is 31.6. The molecule has 2 N–H and O–H groups in total. The van der Waals surface area contributed by atoms with E-state index >= 15 is 0 Å². The third-order valence-corrected chi connectivity index (χ3v) is 8.30. The molecule has 1 saturated carbocycles. The molecule has 2 aromatic rings. The van der Waals surface area contributed by atoms with Gasteiger partial charge in [-0.25, -0.2) is 0 Å². The third kappa shape index (κ3) is 9.19. The van der Waals surface area contributed by atoms with Gasteiger partial charge in [-0.3, -0.25) is 14.4 Å². The van der Waals surface area contributed by atoms with Crippen molar-refractivity contribution in [2.45, 2.75) is 58.5 Å². The fraction of sp³-hybridized carbons (Fsp3) is 0.559. The molecule has 3 amide bonds. The van der Waals surface area contributed by atoms with Gasteiger partial charge in [0.15, 0.2) is 11.5 Å². The molecule has 2 fully saturated rings. The Kier molecular flexibility index (Phi) is 12.0. The highest BCUT2D eigenvalue weighted by Crippen LogP contribution is 2.32. The summed E-state index contributed by atoms with van der Waals surface area (Å²) in [5.41, 5.74) is 2.13. The van der Waals surface area contributed by atoms with E-state index in [-0.39, 0.29) is 41.6 Å². The molecule has 1 saturated heterocycles. The number of nitrogens with zero attached hydrogens (tertiary/aromatic N) is 2. The van der Waals surface area contributed by atoms with E-state index in [1.54, 1.807) is 32.4 Å². The number of methoxy groups -OCH3 is 2. The number of nitrogens with one attached hydrogen (secondary N) is 2. The van der Waals surface area contributed by atoms with Crippen molar-refractivity contribution in [2.24, 2.45) is 11.8 Å². The molecule has 10 nitrogen and oxygen atoms in total. The SMILES string of the molecule is COCCCOc1cc(C(=O)N(CC2CNCC2CN(C(=O)Cc2cccc(NC(C)=O)c2)C2CC2)C(C)C)ccc1OC. The Morgan fingerprint density at radius 1 is 0.977 bits per heavy atom. The van der Waals surface area contributed by atoms with Crippen LogP contribution >= 0.6 is 0 Å². The lowest BCUT2D eigenvalue weighted by Crippen LogP contribution is -2.45. The molecule has 0 spiro atoms. The first-order valence-electron chi connectivity index (χ1n) is 15.7. The van der Waals surface area contributed by atoms with Crippen LogP contribution < -0.4 is 20.1 Å². The average molecular weight is 609 g/mol. The van der Waals surface area contributed by atoms with E-state index in [1.165, 1.54) is 6.92 Å². The van der Waals surface area contributed by atoms with Gasteiger partial charge in [0.25, 0.3) is 5.91 Å². The van der Waals surface area contributed by atoms with E-state index in [0.717, 1.165) is 37.9 Å². The van der Waals surface area contributed by atoms with E-state index in [4.69, 9.17) is 14.2 Å².